The van der Waals surface area contributed by atoms with Crippen molar-refractivity contribution in [2.75, 3.05) is 26.3 Å². The van der Waals surface area contributed by atoms with Crippen LogP contribution in [0, 0.1) is 0 Å². The summed E-state index contributed by atoms with van der Waals surface area (Å²) in [6.45, 7) is 5.51. The second kappa shape index (κ2) is 8.73. The molecule has 1 aromatic carbocycles. The molecule has 23 heavy (non-hydrogen) atoms. The summed E-state index contributed by atoms with van der Waals surface area (Å²) in [6.07, 6.45) is 1.65. The summed E-state index contributed by atoms with van der Waals surface area (Å²) in [6, 6.07) is 4.63. The largest absolute Gasteiger partial charge is 0.490 e. The van der Waals surface area contributed by atoms with Crippen LogP contribution in [-0.4, -0.2) is 45.1 Å². The van der Waals surface area contributed by atoms with Crippen molar-refractivity contribution in [2.45, 2.75) is 37.6 Å². The van der Waals surface area contributed by atoms with Gasteiger partial charge in [-0.3, -0.25) is 0 Å². The van der Waals surface area contributed by atoms with Gasteiger partial charge in [-0.25, -0.2) is 8.42 Å². The van der Waals surface area contributed by atoms with Gasteiger partial charge in [0.2, 0.25) is 10.0 Å². The maximum Gasteiger partial charge on any atom is 0.243 e. The summed E-state index contributed by atoms with van der Waals surface area (Å²) in [4.78, 5) is 0.222. The Labute approximate surface area is 144 Å². The molecule has 1 unspecified atom stereocenters. The molecule has 1 aliphatic rings. The number of halogens is 1. The van der Waals surface area contributed by atoms with E-state index in [0.717, 1.165) is 12.8 Å². The second-order valence-corrected chi connectivity index (χ2v) is 7.01. The van der Waals surface area contributed by atoms with Gasteiger partial charge in [-0.2, -0.15) is 4.31 Å². The van der Waals surface area contributed by atoms with Gasteiger partial charge < -0.3 is 15.2 Å². The van der Waals surface area contributed by atoms with Crippen molar-refractivity contribution in [3.05, 3.63) is 18.2 Å². The molecule has 0 aromatic heterocycles. The molecule has 132 valence electrons. The summed E-state index contributed by atoms with van der Waals surface area (Å²) in [5, 5.41) is 0. The van der Waals surface area contributed by atoms with Gasteiger partial charge in [0.25, 0.3) is 0 Å². The fraction of sp³-hybridized carbons (Fsp3) is 0.600. The van der Waals surface area contributed by atoms with Crippen molar-refractivity contribution in [1.29, 1.82) is 0 Å². The number of ether oxygens (including phenoxy) is 2. The quantitative estimate of drug-likeness (QED) is 0.800. The standard InChI is InChI=1S/C15H24N2O4S.ClH/c1-3-20-14-8-7-13(10-15(14)21-4-2)22(18,19)17-9-5-6-12(17)11-16;/h7-8,10,12H,3-6,9,11,16H2,1-2H3;1H. The molecule has 0 saturated carbocycles. The number of nitrogens with zero attached hydrogens (tertiary/aromatic N) is 1. The Balaban J connectivity index is 0.00000264. The van der Waals surface area contributed by atoms with E-state index in [9.17, 15) is 8.42 Å². The van der Waals surface area contributed by atoms with E-state index in [1.807, 2.05) is 13.8 Å². The fourth-order valence-corrected chi connectivity index (χ4v) is 4.41. The number of sulfonamides is 1. The van der Waals surface area contributed by atoms with E-state index in [1.54, 1.807) is 12.1 Å². The summed E-state index contributed by atoms with van der Waals surface area (Å²) >= 11 is 0. The molecule has 1 heterocycles. The van der Waals surface area contributed by atoms with Crippen molar-refractivity contribution in [3.8, 4) is 11.5 Å². The van der Waals surface area contributed by atoms with Crippen LogP contribution in [0.4, 0.5) is 0 Å². The van der Waals surface area contributed by atoms with Gasteiger partial charge in [-0.05, 0) is 38.8 Å². The average Bonchev–Trinajstić information content (AvgIpc) is 2.98. The Morgan fingerprint density at radius 2 is 1.87 bits per heavy atom. The SMILES string of the molecule is CCOc1ccc(S(=O)(=O)N2CCCC2CN)cc1OCC.Cl. The minimum atomic E-state index is -3.55. The minimum absolute atomic E-state index is 0. The molecule has 2 N–H and O–H groups in total. The van der Waals surface area contributed by atoms with Gasteiger partial charge in [0.15, 0.2) is 11.5 Å². The molecular formula is C15H25ClN2O4S. The lowest BCUT2D eigenvalue weighted by molar-refractivity contribution is 0.287. The first-order valence-corrected chi connectivity index (χ1v) is 9.10. The molecule has 1 atom stereocenters. The van der Waals surface area contributed by atoms with Crippen LogP contribution >= 0.6 is 12.4 Å². The van der Waals surface area contributed by atoms with Crippen molar-refractivity contribution < 1.29 is 17.9 Å². The van der Waals surface area contributed by atoms with Gasteiger partial charge in [0.1, 0.15) is 0 Å². The third-order valence-corrected chi connectivity index (χ3v) is 5.66. The Morgan fingerprint density at radius 3 is 2.48 bits per heavy atom. The molecule has 1 saturated heterocycles. The molecule has 8 heteroatoms. The monoisotopic (exact) mass is 364 g/mol. The van der Waals surface area contributed by atoms with Crippen LogP contribution in [-0.2, 0) is 10.0 Å². The van der Waals surface area contributed by atoms with Gasteiger partial charge in [0, 0.05) is 25.2 Å². The van der Waals surface area contributed by atoms with Crippen LogP contribution in [0.3, 0.4) is 0 Å². The zero-order chi connectivity index (χ0) is 16.2. The summed E-state index contributed by atoms with van der Waals surface area (Å²) < 4.78 is 38.1. The molecule has 2 rings (SSSR count). The highest BCUT2D eigenvalue weighted by molar-refractivity contribution is 7.89. The van der Waals surface area contributed by atoms with Gasteiger partial charge in [0.05, 0.1) is 18.1 Å². The molecule has 0 aliphatic carbocycles. The number of nitrogens with two attached hydrogens (primary N) is 1. The van der Waals surface area contributed by atoms with E-state index >= 15 is 0 Å². The Hall–Kier alpha value is -1.02. The highest BCUT2D eigenvalue weighted by Gasteiger charge is 2.34. The minimum Gasteiger partial charge on any atom is -0.490 e. The first-order chi connectivity index (χ1) is 10.5. The summed E-state index contributed by atoms with van der Waals surface area (Å²) in [5.41, 5.74) is 5.69. The van der Waals surface area contributed by atoms with Crippen molar-refractivity contribution in [1.82, 2.24) is 4.31 Å². The second-order valence-electron chi connectivity index (χ2n) is 5.12. The van der Waals surface area contributed by atoms with Crippen LogP contribution in [0.15, 0.2) is 23.1 Å². The van der Waals surface area contributed by atoms with E-state index in [1.165, 1.54) is 10.4 Å². The van der Waals surface area contributed by atoms with Crippen LogP contribution < -0.4 is 15.2 Å². The van der Waals surface area contributed by atoms with Crippen LogP contribution in [0.25, 0.3) is 0 Å². The molecule has 0 radical (unpaired) electrons. The van der Waals surface area contributed by atoms with Crippen LogP contribution in [0.5, 0.6) is 11.5 Å². The number of rotatable bonds is 7. The highest BCUT2D eigenvalue weighted by Crippen LogP contribution is 2.33. The first-order valence-electron chi connectivity index (χ1n) is 7.66. The Bertz CT molecular complexity index is 609. The predicted octanol–water partition coefficient (Wildman–Crippen LogP) is 2.02. The zero-order valence-electron chi connectivity index (χ0n) is 13.5. The van der Waals surface area contributed by atoms with E-state index < -0.39 is 10.0 Å². The molecule has 0 amide bonds. The lowest BCUT2D eigenvalue weighted by Crippen LogP contribution is -2.39. The maximum atomic E-state index is 12.8. The van der Waals surface area contributed by atoms with E-state index in [0.29, 0.717) is 37.8 Å². The normalized spacial score (nSPS) is 18.5. The van der Waals surface area contributed by atoms with Crippen molar-refractivity contribution in [3.63, 3.8) is 0 Å². The van der Waals surface area contributed by atoms with Crippen molar-refractivity contribution >= 4 is 22.4 Å². The van der Waals surface area contributed by atoms with Gasteiger partial charge in [-0.1, -0.05) is 0 Å². The molecule has 0 bridgehead atoms. The van der Waals surface area contributed by atoms with E-state index in [4.69, 9.17) is 15.2 Å². The zero-order valence-corrected chi connectivity index (χ0v) is 15.2. The summed E-state index contributed by atoms with van der Waals surface area (Å²) in [5.74, 6) is 1.01. The lowest BCUT2D eigenvalue weighted by atomic mass is 10.2. The molecule has 6 nitrogen and oxygen atoms in total. The van der Waals surface area contributed by atoms with Crippen LogP contribution in [0.1, 0.15) is 26.7 Å². The summed E-state index contributed by atoms with van der Waals surface area (Å²) in [7, 11) is -3.55. The third kappa shape index (κ3) is 4.29. The Kier molecular flexibility index (Phi) is 7.60. The molecule has 1 aromatic rings. The maximum absolute atomic E-state index is 12.8. The fourth-order valence-electron chi connectivity index (χ4n) is 2.69. The third-order valence-electron chi connectivity index (χ3n) is 3.72. The molecule has 1 aliphatic heterocycles. The molecular weight excluding hydrogens is 340 g/mol. The number of benzene rings is 1. The topological polar surface area (TPSA) is 81.9 Å². The van der Waals surface area contributed by atoms with Gasteiger partial charge >= 0.3 is 0 Å². The molecule has 1 fully saturated rings. The highest BCUT2D eigenvalue weighted by atomic mass is 35.5. The average molecular weight is 365 g/mol. The first kappa shape index (κ1) is 20.0. The van der Waals surface area contributed by atoms with Crippen molar-refractivity contribution in [2.24, 2.45) is 5.73 Å². The molecule has 0 spiro atoms. The predicted molar refractivity (Wildman–Crippen MR) is 92.0 cm³/mol. The van der Waals surface area contributed by atoms with Crippen LogP contribution in [0.2, 0.25) is 0 Å². The number of hydrogen-bond donors (Lipinski definition) is 1. The van der Waals surface area contributed by atoms with E-state index in [2.05, 4.69) is 0 Å². The Morgan fingerprint density at radius 1 is 1.22 bits per heavy atom. The smallest absolute Gasteiger partial charge is 0.243 e. The van der Waals surface area contributed by atoms with E-state index in [-0.39, 0.29) is 23.3 Å². The lowest BCUT2D eigenvalue weighted by Gasteiger charge is -2.23. The number of hydrogen-bond acceptors (Lipinski definition) is 5. The van der Waals surface area contributed by atoms with Gasteiger partial charge in [-0.15, -0.1) is 12.4 Å².